The Bertz CT molecular complexity index is 1400. The number of nitrogens with zero attached hydrogens (tertiary/aromatic N) is 2. The lowest BCUT2D eigenvalue weighted by molar-refractivity contribution is -0.123. The summed E-state index contributed by atoms with van der Waals surface area (Å²) in [6.07, 6.45) is 0. The molecule has 0 bridgehead atoms. The minimum atomic E-state index is -0.172. The van der Waals surface area contributed by atoms with Gasteiger partial charge in [-0.25, -0.2) is 9.97 Å². The van der Waals surface area contributed by atoms with E-state index in [1.165, 1.54) is 0 Å². The molecule has 1 aliphatic rings. The van der Waals surface area contributed by atoms with Crippen LogP contribution in [0, 0.1) is 0 Å². The molecule has 2 aromatic heterocycles. The number of thiophene rings is 1. The molecule has 0 saturated heterocycles. The standard InChI is InChI=1S/C25H23N5O3S/c1-14(2)27-21(31)13-33-18-5-3-4-15(11-18)23-29-20-8-9-34-22(20)24(30-23)28-17-6-7-19-16(10-17)12-26-25(19)32/h3-11,14H,12-13H2,1-2H3,(H,26,32)(H,27,31)(H,28,29,30). The largest absolute Gasteiger partial charge is 0.484 e. The molecular formula is C25H23N5O3S. The topological polar surface area (TPSA) is 105 Å². The molecule has 0 atom stereocenters. The Morgan fingerprint density at radius 1 is 1.18 bits per heavy atom. The van der Waals surface area contributed by atoms with Gasteiger partial charge in [0.05, 0.1) is 10.2 Å². The predicted molar refractivity (Wildman–Crippen MR) is 133 cm³/mol. The summed E-state index contributed by atoms with van der Waals surface area (Å²) in [6, 6.07) is 15.1. The van der Waals surface area contributed by atoms with Crippen molar-refractivity contribution in [2.45, 2.75) is 26.4 Å². The van der Waals surface area contributed by atoms with E-state index >= 15 is 0 Å². The average molecular weight is 474 g/mol. The smallest absolute Gasteiger partial charge is 0.258 e. The Labute approximate surface area is 200 Å². The van der Waals surface area contributed by atoms with Gasteiger partial charge in [-0.15, -0.1) is 11.3 Å². The normalized spacial score (nSPS) is 12.5. The highest BCUT2D eigenvalue weighted by molar-refractivity contribution is 7.17. The minimum Gasteiger partial charge on any atom is -0.484 e. The van der Waals surface area contributed by atoms with E-state index in [1.807, 2.05) is 61.7 Å². The molecule has 0 unspecified atom stereocenters. The van der Waals surface area contributed by atoms with Crippen LogP contribution in [0.1, 0.15) is 29.8 Å². The van der Waals surface area contributed by atoms with E-state index in [2.05, 4.69) is 16.0 Å². The molecule has 172 valence electrons. The highest BCUT2D eigenvalue weighted by atomic mass is 32.1. The van der Waals surface area contributed by atoms with E-state index in [1.54, 1.807) is 17.4 Å². The van der Waals surface area contributed by atoms with Crippen molar-refractivity contribution < 1.29 is 14.3 Å². The monoisotopic (exact) mass is 473 g/mol. The van der Waals surface area contributed by atoms with Crippen LogP contribution in [0.2, 0.25) is 0 Å². The molecule has 2 amide bonds. The van der Waals surface area contributed by atoms with Crippen LogP contribution in [0.15, 0.2) is 53.9 Å². The fourth-order valence-corrected chi connectivity index (χ4v) is 4.54. The van der Waals surface area contributed by atoms with Crippen molar-refractivity contribution in [3.8, 4) is 17.1 Å². The number of amides is 2. The molecule has 0 radical (unpaired) electrons. The number of nitrogens with one attached hydrogen (secondary N) is 3. The van der Waals surface area contributed by atoms with Crippen LogP contribution >= 0.6 is 11.3 Å². The molecule has 3 N–H and O–H groups in total. The Morgan fingerprint density at radius 2 is 2.06 bits per heavy atom. The lowest BCUT2D eigenvalue weighted by Crippen LogP contribution is -2.34. The number of carbonyl (C=O) groups is 2. The summed E-state index contributed by atoms with van der Waals surface area (Å²) in [5.41, 5.74) is 4.12. The quantitative estimate of drug-likeness (QED) is 0.371. The van der Waals surface area contributed by atoms with Crippen molar-refractivity contribution in [1.82, 2.24) is 20.6 Å². The van der Waals surface area contributed by atoms with Gasteiger partial charge in [0, 0.05) is 29.4 Å². The number of hydrogen-bond acceptors (Lipinski definition) is 7. The maximum Gasteiger partial charge on any atom is 0.258 e. The van der Waals surface area contributed by atoms with Crippen LogP contribution in [0.25, 0.3) is 21.6 Å². The zero-order chi connectivity index (χ0) is 23.7. The van der Waals surface area contributed by atoms with Gasteiger partial charge in [0.2, 0.25) is 0 Å². The maximum atomic E-state index is 11.9. The number of rotatable bonds is 7. The molecule has 0 aliphatic carbocycles. The van der Waals surface area contributed by atoms with Gasteiger partial charge in [0.1, 0.15) is 5.75 Å². The van der Waals surface area contributed by atoms with Gasteiger partial charge in [0.25, 0.3) is 11.8 Å². The van der Waals surface area contributed by atoms with Crippen molar-refractivity contribution in [1.29, 1.82) is 0 Å². The van der Waals surface area contributed by atoms with Crippen LogP contribution in [-0.2, 0) is 11.3 Å². The third-order valence-corrected chi connectivity index (χ3v) is 6.18. The molecule has 5 rings (SSSR count). The van der Waals surface area contributed by atoms with Crippen molar-refractivity contribution in [3.05, 3.63) is 65.0 Å². The minimum absolute atomic E-state index is 0.0460. The van der Waals surface area contributed by atoms with E-state index in [-0.39, 0.29) is 24.5 Å². The summed E-state index contributed by atoms with van der Waals surface area (Å²) in [4.78, 5) is 33.3. The van der Waals surface area contributed by atoms with E-state index in [0.717, 1.165) is 27.0 Å². The lowest BCUT2D eigenvalue weighted by Gasteiger charge is -2.12. The van der Waals surface area contributed by atoms with Crippen LogP contribution in [0.4, 0.5) is 11.5 Å². The molecule has 0 fully saturated rings. The number of aromatic nitrogens is 2. The lowest BCUT2D eigenvalue weighted by atomic mass is 10.1. The summed E-state index contributed by atoms with van der Waals surface area (Å²) in [5.74, 6) is 1.58. The molecule has 4 aromatic rings. The Balaban J connectivity index is 1.42. The van der Waals surface area contributed by atoms with Gasteiger partial charge in [-0.3, -0.25) is 9.59 Å². The van der Waals surface area contributed by atoms with E-state index in [9.17, 15) is 9.59 Å². The first-order valence-electron chi connectivity index (χ1n) is 10.9. The van der Waals surface area contributed by atoms with E-state index < -0.39 is 0 Å². The summed E-state index contributed by atoms with van der Waals surface area (Å²) in [5, 5.41) is 11.0. The summed E-state index contributed by atoms with van der Waals surface area (Å²) >= 11 is 1.56. The Hall–Kier alpha value is -3.98. The van der Waals surface area contributed by atoms with Gasteiger partial charge in [-0.1, -0.05) is 12.1 Å². The molecule has 1 aliphatic heterocycles. The first-order valence-corrected chi connectivity index (χ1v) is 11.8. The van der Waals surface area contributed by atoms with Crippen molar-refractivity contribution in [3.63, 3.8) is 0 Å². The third-order valence-electron chi connectivity index (χ3n) is 5.27. The second-order valence-corrected chi connectivity index (χ2v) is 9.17. The Morgan fingerprint density at radius 3 is 2.91 bits per heavy atom. The predicted octanol–water partition coefficient (Wildman–Crippen LogP) is 4.25. The summed E-state index contributed by atoms with van der Waals surface area (Å²) in [7, 11) is 0. The van der Waals surface area contributed by atoms with Crippen LogP contribution < -0.4 is 20.7 Å². The van der Waals surface area contributed by atoms with Crippen LogP contribution in [0.5, 0.6) is 5.75 Å². The summed E-state index contributed by atoms with van der Waals surface area (Å²) < 4.78 is 6.61. The van der Waals surface area contributed by atoms with E-state index in [0.29, 0.717) is 29.5 Å². The molecular weight excluding hydrogens is 450 g/mol. The SMILES string of the molecule is CC(C)NC(=O)COc1cccc(-c2nc(Nc3ccc4c(c3)CNC4=O)c3sccc3n2)c1. The fraction of sp³-hybridized carbons (Fsp3) is 0.200. The first-order chi connectivity index (χ1) is 16.5. The number of anilines is 2. The van der Waals surface area contributed by atoms with Crippen molar-refractivity contribution >= 4 is 44.9 Å². The molecule has 9 heteroatoms. The molecule has 3 heterocycles. The summed E-state index contributed by atoms with van der Waals surface area (Å²) in [6.45, 7) is 4.27. The van der Waals surface area contributed by atoms with E-state index in [4.69, 9.17) is 14.7 Å². The van der Waals surface area contributed by atoms with Gasteiger partial charge in [0.15, 0.2) is 18.2 Å². The second kappa shape index (κ2) is 9.11. The zero-order valence-corrected chi connectivity index (χ0v) is 19.5. The van der Waals surface area contributed by atoms with Crippen molar-refractivity contribution in [2.75, 3.05) is 11.9 Å². The van der Waals surface area contributed by atoms with Gasteiger partial charge < -0.3 is 20.7 Å². The fourth-order valence-electron chi connectivity index (χ4n) is 3.76. The average Bonchev–Trinajstić information content (AvgIpc) is 3.44. The van der Waals surface area contributed by atoms with Crippen molar-refractivity contribution in [2.24, 2.45) is 0 Å². The molecule has 0 saturated carbocycles. The van der Waals surface area contributed by atoms with Gasteiger partial charge in [-0.2, -0.15) is 0 Å². The number of benzene rings is 2. The number of carbonyl (C=O) groups excluding carboxylic acids is 2. The third kappa shape index (κ3) is 4.55. The van der Waals surface area contributed by atoms with Gasteiger partial charge in [-0.05, 0) is 61.2 Å². The molecule has 0 spiro atoms. The Kier molecular flexibility index (Phi) is 5.85. The molecule has 34 heavy (non-hydrogen) atoms. The number of hydrogen-bond donors (Lipinski definition) is 3. The highest BCUT2D eigenvalue weighted by Gasteiger charge is 2.19. The molecule has 2 aromatic carbocycles. The maximum absolute atomic E-state index is 11.9. The molecule has 8 nitrogen and oxygen atoms in total. The second-order valence-electron chi connectivity index (χ2n) is 8.25. The highest BCUT2D eigenvalue weighted by Crippen LogP contribution is 2.32. The zero-order valence-electron chi connectivity index (χ0n) is 18.7. The number of fused-ring (bicyclic) bond motifs is 2. The van der Waals surface area contributed by atoms with Gasteiger partial charge >= 0.3 is 0 Å². The first kappa shape index (κ1) is 21.8. The number of ether oxygens (including phenoxy) is 1. The van der Waals surface area contributed by atoms with Crippen LogP contribution in [0.3, 0.4) is 0 Å². The van der Waals surface area contributed by atoms with Crippen LogP contribution in [-0.4, -0.2) is 34.4 Å².